The predicted molar refractivity (Wildman–Crippen MR) is 70.2 cm³/mol. The van der Waals surface area contributed by atoms with E-state index < -0.39 is 0 Å². The van der Waals surface area contributed by atoms with Gasteiger partial charge in [0.25, 0.3) is 0 Å². The number of rotatable bonds is 7. The summed E-state index contributed by atoms with van der Waals surface area (Å²) in [6.45, 7) is 2.21. The summed E-state index contributed by atoms with van der Waals surface area (Å²) >= 11 is 0. The van der Waals surface area contributed by atoms with Crippen LogP contribution in [0.2, 0.25) is 0 Å². The van der Waals surface area contributed by atoms with E-state index >= 15 is 0 Å². The van der Waals surface area contributed by atoms with Crippen LogP contribution in [0, 0.1) is 11.3 Å². The van der Waals surface area contributed by atoms with Gasteiger partial charge in [-0.1, -0.05) is 38.3 Å². The van der Waals surface area contributed by atoms with Gasteiger partial charge in [-0.3, -0.25) is 0 Å². The fourth-order valence-electron chi connectivity index (χ4n) is 2.06. The van der Waals surface area contributed by atoms with Gasteiger partial charge in [0.1, 0.15) is 5.75 Å². The average molecular weight is 231 g/mol. The Balaban J connectivity index is 2.72. The largest absolute Gasteiger partial charge is 0.496 e. The van der Waals surface area contributed by atoms with E-state index in [1.54, 1.807) is 7.11 Å². The molecule has 0 aromatic heterocycles. The molecule has 0 unspecified atom stereocenters. The Labute approximate surface area is 104 Å². The summed E-state index contributed by atoms with van der Waals surface area (Å²) in [5, 5.41) is 8.87. The summed E-state index contributed by atoms with van der Waals surface area (Å²) in [4.78, 5) is 0. The van der Waals surface area contributed by atoms with Gasteiger partial charge in [-0.25, -0.2) is 0 Å². The third kappa shape index (κ3) is 4.11. The van der Waals surface area contributed by atoms with Crippen molar-refractivity contribution in [1.29, 1.82) is 5.26 Å². The molecule has 0 aliphatic carbocycles. The Morgan fingerprint density at radius 3 is 2.71 bits per heavy atom. The molecule has 92 valence electrons. The van der Waals surface area contributed by atoms with E-state index in [1.165, 1.54) is 31.2 Å². The Morgan fingerprint density at radius 2 is 2.06 bits per heavy atom. The van der Waals surface area contributed by atoms with Crippen LogP contribution in [0.15, 0.2) is 18.2 Å². The molecule has 0 heterocycles. The fraction of sp³-hybridized carbons (Fsp3) is 0.533. The quantitative estimate of drug-likeness (QED) is 0.667. The molecule has 0 amide bonds. The fourth-order valence-corrected chi connectivity index (χ4v) is 2.06. The Bertz CT molecular complexity index is 379. The molecule has 2 nitrogen and oxygen atoms in total. The van der Waals surface area contributed by atoms with Gasteiger partial charge in [0.05, 0.1) is 19.6 Å². The van der Waals surface area contributed by atoms with Gasteiger partial charge in [-0.2, -0.15) is 5.26 Å². The molecule has 0 atom stereocenters. The predicted octanol–water partition coefficient (Wildman–Crippen LogP) is 3.88. The van der Waals surface area contributed by atoms with Crippen molar-refractivity contribution in [2.75, 3.05) is 7.11 Å². The first-order valence-corrected chi connectivity index (χ1v) is 6.35. The Hall–Kier alpha value is -1.49. The van der Waals surface area contributed by atoms with Gasteiger partial charge in [0, 0.05) is 5.56 Å². The van der Waals surface area contributed by atoms with Gasteiger partial charge in [0.15, 0.2) is 0 Å². The number of unbranched alkanes of at least 4 members (excludes halogenated alkanes) is 3. The van der Waals surface area contributed by atoms with Crippen LogP contribution in [0.4, 0.5) is 0 Å². The summed E-state index contributed by atoms with van der Waals surface area (Å²) < 4.78 is 5.31. The number of nitriles is 1. The smallest absolute Gasteiger partial charge is 0.123 e. The number of ether oxygens (including phenoxy) is 1. The molecule has 17 heavy (non-hydrogen) atoms. The maximum Gasteiger partial charge on any atom is 0.123 e. The van der Waals surface area contributed by atoms with Crippen molar-refractivity contribution in [3.63, 3.8) is 0 Å². The van der Waals surface area contributed by atoms with Crippen LogP contribution < -0.4 is 4.74 Å². The van der Waals surface area contributed by atoms with E-state index in [0.717, 1.165) is 17.7 Å². The molecule has 0 N–H and O–H groups in total. The van der Waals surface area contributed by atoms with Crippen molar-refractivity contribution in [2.24, 2.45) is 0 Å². The molecular weight excluding hydrogens is 210 g/mol. The monoisotopic (exact) mass is 231 g/mol. The normalized spacial score (nSPS) is 9.94. The molecule has 1 aromatic rings. The highest BCUT2D eigenvalue weighted by Gasteiger charge is 2.08. The zero-order chi connectivity index (χ0) is 12.5. The summed E-state index contributed by atoms with van der Waals surface area (Å²) in [7, 11) is 1.66. The van der Waals surface area contributed by atoms with Crippen LogP contribution in [-0.2, 0) is 12.8 Å². The van der Waals surface area contributed by atoms with E-state index in [1.807, 2.05) is 12.1 Å². The third-order valence-electron chi connectivity index (χ3n) is 3.01. The summed E-state index contributed by atoms with van der Waals surface area (Å²) in [5.41, 5.74) is 2.33. The molecular formula is C15H21NO. The van der Waals surface area contributed by atoms with Crippen molar-refractivity contribution in [1.82, 2.24) is 0 Å². The molecule has 0 spiro atoms. The Kier molecular flexibility index (Phi) is 6.17. The van der Waals surface area contributed by atoms with Crippen molar-refractivity contribution in [3.05, 3.63) is 29.3 Å². The van der Waals surface area contributed by atoms with Gasteiger partial charge in [-0.15, -0.1) is 0 Å². The Morgan fingerprint density at radius 1 is 1.24 bits per heavy atom. The van der Waals surface area contributed by atoms with E-state index in [2.05, 4.69) is 19.1 Å². The van der Waals surface area contributed by atoms with Gasteiger partial charge >= 0.3 is 0 Å². The van der Waals surface area contributed by atoms with Crippen LogP contribution in [0.3, 0.4) is 0 Å². The highest BCUT2D eigenvalue weighted by atomic mass is 16.5. The number of nitrogens with zero attached hydrogens (tertiary/aromatic N) is 1. The molecule has 0 bridgehead atoms. The van der Waals surface area contributed by atoms with Crippen molar-refractivity contribution >= 4 is 0 Å². The SMILES string of the molecule is CCCCCCc1cccc(OC)c1CC#N. The number of methoxy groups -OCH3 is 1. The first-order valence-electron chi connectivity index (χ1n) is 6.35. The molecule has 2 heteroatoms. The first-order chi connectivity index (χ1) is 8.33. The van der Waals surface area contributed by atoms with E-state index in [4.69, 9.17) is 10.00 Å². The second-order valence-electron chi connectivity index (χ2n) is 4.24. The summed E-state index contributed by atoms with van der Waals surface area (Å²) in [5.74, 6) is 0.847. The van der Waals surface area contributed by atoms with Crippen LogP contribution in [0.25, 0.3) is 0 Å². The summed E-state index contributed by atoms with van der Waals surface area (Å²) in [6.07, 6.45) is 6.49. The maximum atomic E-state index is 8.87. The third-order valence-corrected chi connectivity index (χ3v) is 3.01. The van der Waals surface area contributed by atoms with Gasteiger partial charge in [-0.05, 0) is 24.5 Å². The second-order valence-corrected chi connectivity index (χ2v) is 4.24. The minimum atomic E-state index is 0.438. The lowest BCUT2D eigenvalue weighted by atomic mass is 9.98. The molecule has 0 radical (unpaired) electrons. The number of benzene rings is 1. The maximum absolute atomic E-state index is 8.87. The molecule has 1 aromatic carbocycles. The van der Waals surface area contributed by atoms with Gasteiger partial charge in [0.2, 0.25) is 0 Å². The van der Waals surface area contributed by atoms with Crippen LogP contribution >= 0.6 is 0 Å². The minimum absolute atomic E-state index is 0.438. The number of aryl methyl sites for hydroxylation is 1. The van der Waals surface area contributed by atoms with E-state index in [-0.39, 0.29) is 0 Å². The lowest BCUT2D eigenvalue weighted by Crippen LogP contribution is -1.98. The standard InChI is InChI=1S/C15H21NO/c1-3-4-5-6-8-13-9-7-10-15(17-2)14(13)11-12-16/h7,9-10H,3-6,8,11H2,1-2H3. The van der Waals surface area contributed by atoms with Gasteiger partial charge < -0.3 is 4.74 Å². The summed E-state index contributed by atoms with van der Waals surface area (Å²) in [6, 6.07) is 8.27. The zero-order valence-electron chi connectivity index (χ0n) is 10.8. The second kappa shape index (κ2) is 7.73. The lowest BCUT2D eigenvalue weighted by Gasteiger charge is -2.11. The highest BCUT2D eigenvalue weighted by molar-refractivity contribution is 5.42. The number of hydrogen-bond donors (Lipinski definition) is 0. The van der Waals surface area contributed by atoms with Crippen LogP contribution in [0.1, 0.15) is 43.7 Å². The van der Waals surface area contributed by atoms with Crippen LogP contribution in [-0.4, -0.2) is 7.11 Å². The number of hydrogen-bond acceptors (Lipinski definition) is 2. The van der Waals surface area contributed by atoms with Crippen molar-refractivity contribution < 1.29 is 4.74 Å². The van der Waals surface area contributed by atoms with Crippen LogP contribution in [0.5, 0.6) is 5.75 Å². The lowest BCUT2D eigenvalue weighted by molar-refractivity contribution is 0.410. The zero-order valence-corrected chi connectivity index (χ0v) is 10.8. The molecule has 0 saturated heterocycles. The topological polar surface area (TPSA) is 33.0 Å². The highest BCUT2D eigenvalue weighted by Crippen LogP contribution is 2.24. The molecule has 0 fully saturated rings. The average Bonchev–Trinajstić information content (AvgIpc) is 2.36. The van der Waals surface area contributed by atoms with E-state index in [0.29, 0.717) is 6.42 Å². The molecule has 0 aliphatic heterocycles. The van der Waals surface area contributed by atoms with E-state index in [9.17, 15) is 0 Å². The molecule has 1 rings (SSSR count). The first kappa shape index (κ1) is 13.6. The molecule has 0 saturated carbocycles. The van der Waals surface area contributed by atoms with Crippen molar-refractivity contribution in [3.8, 4) is 11.8 Å². The van der Waals surface area contributed by atoms with Crippen molar-refractivity contribution in [2.45, 2.75) is 45.4 Å². The minimum Gasteiger partial charge on any atom is -0.496 e. The molecule has 0 aliphatic rings.